The quantitative estimate of drug-likeness (QED) is 0.902. The van der Waals surface area contributed by atoms with Crippen molar-refractivity contribution in [2.45, 2.75) is 18.9 Å². The van der Waals surface area contributed by atoms with Crippen molar-refractivity contribution in [1.29, 1.82) is 0 Å². The predicted octanol–water partition coefficient (Wildman–Crippen LogP) is 3.58. The van der Waals surface area contributed by atoms with Gasteiger partial charge in [-0.3, -0.25) is 9.59 Å². The van der Waals surface area contributed by atoms with Gasteiger partial charge in [0.25, 0.3) is 11.8 Å². The molecule has 0 atom stereocenters. The van der Waals surface area contributed by atoms with Gasteiger partial charge in [0, 0.05) is 35.1 Å². The van der Waals surface area contributed by atoms with Crippen LogP contribution in [0.2, 0.25) is 5.02 Å². The van der Waals surface area contributed by atoms with E-state index in [1.807, 2.05) is 5.38 Å². The van der Waals surface area contributed by atoms with E-state index in [2.05, 4.69) is 5.32 Å². The zero-order chi connectivity index (χ0) is 17.1. The van der Waals surface area contributed by atoms with Gasteiger partial charge in [-0.05, 0) is 42.5 Å². The number of nitrogens with zero attached hydrogens (tertiary/aromatic N) is 1. The summed E-state index contributed by atoms with van der Waals surface area (Å²) in [7, 11) is 0. The van der Waals surface area contributed by atoms with Crippen LogP contribution in [-0.4, -0.2) is 35.8 Å². The highest BCUT2D eigenvalue weighted by Gasteiger charge is 2.26. The first-order chi connectivity index (χ1) is 11.5. The van der Waals surface area contributed by atoms with Crippen LogP contribution < -0.4 is 5.32 Å². The summed E-state index contributed by atoms with van der Waals surface area (Å²) in [6.07, 6.45) is 1.29. The fourth-order valence-electron chi connectivity index (χ4n) is 2.72. The maximum atomic E-state index is 13.8. The van der Waals surface area contributed by atoms with E-state index in [1.54, 1.807) is 16.3 Å². The van der Waals surface area contributed by atoms with E-state index in [9.17, 15) is 14.0 Å². The average molecular weight is 367 g/mol. The average Bonchev–Trinajstić information content (AvgIpc) is 3.12. The third-order valence-corrected chi connectivity index (χ3v) is 4.98. The van der Waals surface area contributed by atoms with E-state index in [-0.39, 0.29) is 23.4 Å². The van der Waals surface area contributed by atoms with Gasteiger partial charge in [-0.15, -0.1) is 0 Å². The molecule has 0 radical (unpaired) electrons. The highest BCUT2D eigenvalue weighted by Crippen LogP contribution is 2.20. The fourth-order valence-corrected chi connectivity index (χ4v) is 3.53. The molecule has 4 nitrogen and oxygen atoms in total. The molecule has 1 saturated heterocycles. The lowest BCUT2D eigenvalue weighted by Crippen LogP contribution is -2.46. The van der Waals surface area contributed by atoms with E-state index >= 15 is 0 Å². The number of nitrogens with one attached hydrogen (secondary N) is 1. The van der Waals surface area contributed by atoms with Gasteiger partial charge in [0.15, 0.2) is 0 Å². The summed E-state index contributed by atoms with van der Waals surface area (Å²) in [5.74, 6) is -1.03. The van der Waals surface area contributed by atoms with Crippen LogP contribution in [0.1, 0.15) is 33.6 Å². The second-order valence-electron chi connectivity index (χ2n) is 5.68. The molecule has 126 valence electrons. The Morgan fingerprint density at radius 3 is 2.67 bits per heavy atom. The molecule has 0 spiro atoms. The lowest BCUT2D eigenvalue weighted by atomic mass is 10.0. The van der Waals surface area contributed by atoms with Crippen LogP contribution in [0, 0.1) is 5.82 Å². The van der Waals surface area contributed by atoms with Crippen molar-refractivity contribution in [2.75, 3.05) is 13.1 Å². The number of hydrogen-bond acceptors (Lipinski definition) is 3. The third kappa shape index (κ3) is 3.76. The molecule has 3 rings (SSSR count). The molecule has 1 N–H and O–H groups in total. The van der Waals surface area contributed by atoms with Gasteiger partial charge in [-0.1, -0.05) is 11.6 Å². The number of rotatable bonds is 3. The van der Waals surface area contributed by atoms with Gasteiger partial charge in [0.1, 0.15) is 5.82 Å². The van der Waals surface area contributed by atoms with Crippen molar-refractivity contribution >= 4 is 34.8 Å². The van der Waals surface area contributed by atoms with E-state index in [4.69, 9.17) is 11.6 Å². The highest BCUT2D eigenvalue weighted by atomic mass is 35.5. The first kappa shape index (κ1) is 16.9. The normalized spacial score (nSPS) is 15.3. The highest BCUT2D eigenvalue weighted by molar-refractivity contribution is 7.08. The van der Waals surface area contributed by atoms with Crippen LogP contribution in [0.3, 0.4) is 0 Å². The predicted molar refractivity (Wildman–Crippen MR) is 92.1 cm³/mol. The summed E-state index contributed by atoms with van der Waals surface area (Å²) >= 11 is 7.32. The first-order valence-corrected chi connectivity index (χ1v) is 8.94. The summed E-state index contributed by atoms with van der Waals surface area (Å²) < 4.78 is 13.8. The van der Waals surface area contributed by atoms with Crippen LogP contribution in [0.25, 0.3) is 0 Å². The molecule has 0 bridgehead atoms. The smallest absolute Gasteiger partial charge is 0.256 e. The number of thiophene rings is 1. The van der Waals surface area contributed by atoms with Gasteiger partial charge in [-0.2, -0.15) is 11.3 Å². The topological polar surface area (TPSA) is 49.4 Å². The Labute approximate surface area is 148 Å². The molecule has 2 amide bonds. The molecular formula is C17H16ClFN2O2S. The largest absolute Gasteiger partial charge is 0.349 e. The zero-order valence-corrected chi connectivity index (χ0v) is 14.4. The van der Waals surface area contributed by atoms with Gasteiger partial charge in [0.05, 0.1) is 5.56 Å². The molecule has 1 aliphatic heterocycles. The third-order valence-electron chi connectivity index (χ3n) is 4.06. The van der Waals surface area contributed by atoms with Gasteiger partial charge < -0.3 is 10.2 Å². The Bertz CT molecular complexity index is 743. The number of halogens is 2. The summed E-state index contributed by atoms with van der Waals surface area (Å²) in [6.45, 7) is 0.943. The SMILES string of the molecule is O=C(NC1CCN(C(=O)c2cc(Cl)ccc2F)CC1)c1ccsc1. The van der Waals surface area contributed by atoms with E-state index in [1.165, 1.54) is 29.5 Å². The Kier molecular flexibility index (Phi) is 5.16. The van der Waals surface area contributed by atoms with Crippen LogP contribution in [0.5, 0.6) is 0 Å². The lowest BCUT2D eigenvalue weighted by molar-refractivity contribution is 0.0693. The number of carbonyl (C=O) groups is 2. The number of benzene rings is 1. The molecule has 0 unspecified atom stereocenters. The molecule has 1 aliphatic rings. The van der Waals surface area contributed by atoms with Gasteiger partial charge in [-0.25, -0.2) is 4.39 Å². The second-order valence-corrected chi connectivity index (χ2v) is 6.89. The Morgan fingerprint density at radius 1 is 1.25 bits per heavy atom. The molecule has 1 fully saturated rings. The van der Waals surface area contributed by atoms with Crippen molar-refractivity contribution in [3.8, 4) is 0 Å². The minimum absolute atomic E-state index is 0.0109. The molecular weight excluding hydrogens is 351 g/mol. The first-order valence-electron chi connectivity index (χ1n) is 7.62. The number of carbonyl (C=O) groups excluding carboxylic acids is 2. The number of hydrogen-bond donors (Lipinski definition) is 1. The van der Waals surface area contributed by atoms with Crippen LogP contribution in [-0.2, 0) is 0 Å². The van der Waals surface area contributed by atoms with Gasteiger partial charge in [0.2, 0.25) is 0 Å². The Morgan fingerprint density at radius 2 is 2.00 bits per heavy atom. The van der Waals surface area contributed by atoms with E-state index in [0.29, 0.717) is 36.5 Å². The van der Waals surface area contributed by atoms with Crippen molar-refractivity contribution in [3.63, 3.8) is 0 Å². The van der Waals surface area contributed by atoms with Crippen molar-refractivity contribution in [3.05, 3.63) is 57.0 Å². The molecule has 24 heavy (non-hydrogen) atoms. The molecule has 2 aromatic rings. The van der Waals surface area contributed by atoms with E-state index < -0.39 is 5.82 Å². The van der Waals surface area contributed by atoms with Crippen LogP contribution >= 0.6 is 22.9 Å². The minimum Gasteiger partial charge on any atom is -0.349 e. The number of amides is 2. The summed E-state index contributed by atoms with van der Waals surface area (Å²) in [5, 5.41) is 6.97. The van der Waals surface area contributed by atoms with Crippen LogP contribution in [0.15, 0.2) is 35.0 Å². The summed E-state index contributed by atoms with van der Waals surface area (Å²) in [6, 6.07) is 5.76. The second kappa shape index (κ2) is 7.32. The Hall–Kier alpha value is -1.92. The maximum Gasteiger partial charge on any atom is 0.256 e. The number of piperidine rings is 1. The Balaban J connectivity index is 1.57. The van der Waals surface area contributed by atoms with Crippen molar-refractivity contribution in [2.24, 2.45) is 0 Å². The lowest BCUT2D eigenvalue weighted by Gasteiger charge is -2.32. The molecule has 2 heterocycles. The van der Waals surface area contributed by atoms with Gasteiger partial charge >= 0.3 is 0 Å². The number of likely N-dealkylation sites (tertiary alicyclic amines) is 1. The van der Waals surface area contributed by atoms with Crippen molar-refractivity contribution < 1.29 is 14.0 Å². The van der Waals surface area contributed by atoms with Crippen molar-refractivity contribution in [1.82, 2.24) is 10.2 Å². The zero-order valence-electron chi connectivity index (χ0n) is 12.8. The summed E-state index contributed by atoms with van der Waals surface area (Å²) in [5.41, 5.74) is 0.641. The molecule has 1 aromatic carbocycles. The van der Waals surface area contributed by atoms with E-state index in [0.717, 1.165) is 0 Å². The maximum absolute atomic E-state index is 13.8. The minimum atomic E-state index is -0.572. The summed E-state index contributed by atoms with van der Waals surface area (Å²) in [4.78, 5) is 26.1. The molecule has 1 aromatic heterocycles. The van der Waals surface area contributed by atoms with Crippen LogP contribution in [0.4, 0.5) is 4.39 Å². The molecule has 0 saturated carbocycles. The molecule has 0 aliphatic carbocycles. The monoisotopic (exact) mass is 366 g/mol. The standard InChI is InChI=1S/C17H16ClFN2O2S/c18-12-1-2-15(19)14(9-12)17(23)21-6-3-13(4-7-21)20-16(22)11-5-8-24-10-11/h1-2,5,8-10,13H,3-4,6-7H2,(H,20,22). The molecule has 7 heteroatoms. The fraction of sp³-hybridized carbons (Fsp3) is 0.294.